The summed E-state index contributed by atoms with van der Waals surface area (Å²) in [6.07, 6.45) is -14.2. The monoisotopic (exact) mass is 878 g/mol. The molecule has 2 aliphatic rings. The highest BCUT2D eigenvalue weighted by molar-refractivity contribution is 5.77. The molecule has 0 spiro atoms. The second-order valence-corrected chi connectivity index (χ2v) is 15.6. The van der Waals surface area contributed by atoms with E-state index in [0.29, 0.717) is 5.56 Å². The topological polar surface area (TPSA) is 242 Å². The van der Waals surface area contributed by atoms with Crippen molar-refractivity contribution in [2.45, 2.75) is 109 Å². The number of aliphatic hydroxyl groups is 1. The van der Waals surface area contributed by atoms with Gasteiger partial charge >= 0.3 is 24.0 Å². The Balaban J connectivity index is 1.48. The van der Waals surface area contributed by atoms with Gasteiger partial charge in [-0.1, -0.05) is 96.1 Å². The quantitative estimate of drug-likeness (QED) is 0.0415. The van der Waals surface area contributed by atoms with Crippen LogP contribution in [0, 0.1) is 5.41 Å². The first-order valence-corrected chi connectivity index (χ1v) is 20.3. The molecule has 1 amide bonds. The first-order valence-electron chi connectivity index (χ1n) is 20.3. The maximum absolute atomic E-state index is 13.7. The molecule has 0 radical (unpaired) electrons. The van der Waals surface area contributed by atoms with Gasteiger partial charge in [-0.15, -0.1) is 0 Å². The van der Waals surface area contributed by atoms with Crippen LogP contribution in [0.5, 0.6) is 0 Å². The van der Waals surface area contributed by atoms with Gasteiger partial charge in [-0.05, 0) is 43.0 Å². The fraction of sp³-hybridized carbons (Fsp3) is 0.500. The summed E-state index contributed by atoms with van der Waals surface area (Å²) < 4.78 is 59.5. The standard InChI is InChI=1S/C44H54N4O15/c1-27(49)56-26-31-33(50)34(57-23-28-15-9-6-10-16-28)32(47-48-45)40(60-31)61-36-35(58-24-29-17-11-7-12-18-29)38(63-42(52)44(2,3)4)41(62-37(36)39(51)54-5)55-22-21-46-43(53)59-25-30-19-13-8-14-20-30/h6-20,31-38,40-41,50H,21-26H2,1-5H3,(H,46,53)/t31-,32-,33-,34-,35+,36+,37-,38-,40-,41-/m1/s1. The minimum absolute atomic E-state index is 0.0291. The number of ether oxygens (including phenoxy) is 10. The first kappa shape index (κ1) is 48.4. The van der Waals surface area contributed by atoms with Gasteiger partial charge in [-0.3, -0.25) is 9.59 Å². The van der Waals surface area contributed by atoms with Crippen LogP contribution in [0.25, 0.3) is 10.4 Å². The Labute approximate surface area is 364 Å². The van der Waals surface area contributed by atoms with Crippen molar-refractivity contribution in [3.05, 3.63) is 118 Å². The van der Waals surface area contributed by atoms with Crippen LogP contribution in [0.15, 0.2) is 96.1 Å². The zero-order valence-electron chi connectivity index (χ0n) is 35.7. The van der Waals surface area contributed by atoms with E-state index in [2.05, 4.69) is 15.3 Å². The van der Waals surface area contributed by atoms with E-state index >= 15 is 0 Å². The molecule has 0 aromatic heterocycles. The average molecular weight is 879 g/mol. The minimum Gasteiger partial charge on any atom is -0.467 e. The van der Waals surface area contributed by atoms with E-state index in [1.807, 2.05) is 30.3 Å². The number of rotatable bonds is 19. The van der Waals surface area contributed by atoms with E-state index < -0.39 is 97.4 Å². The molecule has 3 aromatic rings. The molecule has 0 bridgehead atoms. The third kappa shape index (κ3) is 14.2. The van der Waals surface area contributed by atoms with Crippen LogP contribution < -0.4 is 5.32 Å². The third-order valence-corrected chi connectivity index (χ3v) is 9.79. The second kappa shape index (κ2) is 23.7. The van der Waals surface area contributed by atoms with E-state index in [1.165, 1.54) is 6.92 Å². The Hall–Kier alpha value is -5.63. The number of aliphatic hydroxyl groups excluding tert-OH is 1. The number of hydrogen-bond acceptors (Lipinski definition) is 16. The molecular weight excluding hydrogens is 824 g/mol. The molecule has 2 saturated heterocycles. The normalized spacial score (nSPS) is 25.7. The van der Waals surface area contributed by atoms with Crippen LogP contribution in [0.2, 0.25) is 0 Å². The predicted molar refractivity (Wildman–Crippen MR) is 220 cm³/mol. The smallest absolute Gasteiger partial charge is 0.407 e. The molecule has 19 heteroatoms. The van der Waals surface area contributed by atoms with Crippen molar-refractivity contribution in [1.29, 1.82) is 0 Å². The number of methoxy groups -OCH3 is 1. The summed E-state index contributed by atoms with van der Waals surface area (Å²) in [7, 11) is 1.12. The molecule has 0 saturated carbocycles. The first-order chi connectivity index (χ1) is 30.3. The Kier molecular flexibility index (Phi) is 18.2. The zero-order chi connectivity index (χ0) is 45.4. The van der Waals surface area contributed by atoms with Gasteiger partial charge < -0.3 is 57.8 Å². The molecule has 0 unspecified atom stereocenters. The van der Waals surface area contributed by atoms with Crippen LogP contribution in [-0.2, 0) is 81.6 Å². The molecule has 2 N–H and O–H groups in total. The second-order valence-electron chi connectivity index (χ2n) is 15.6. The van der Waals surface area contributed by atoms with Crippen molar-refractivity contribution in [3.8, 4) is 0 Å². The summed E-state index contributed by atoms with van der Waals surface area (Å²) in [6.45, 7) is 5.18. The lowest BCUT2D eigenvalue weighted by Gasteiger charge is -2.48. The highest BCUT2D eigenvalue weighted by Crippen LogP contribution is 2.36. The van der Waals surface area contributed by atoms with E-state index in [0.717, 1.165) is 18.2 Å². The van der Waals surface area contributed by atoms with Crippen molar-refractivity contribution in [1.82, 2.24) is 5.32 Å². The van der Waals surface area contributed by atoms with Crippen molar-refractivity contribution in [3.63, 3.8) is 0 Å². The summed E-state index contributed by atoms with van der Waals surface area (Å²) >= 11 is 0. The number of benzene rings is 3. The molecule has 2 heterocycles. The molecule has 63 heavy (non-hydrogen) atoms. The lowest BCUT2D eigenvalue weighted by molar-refractivity contribution is -0.348. The van der Waals surface area contributed by atoms with E-state index in [1.54, 1.807) is 81.4 Å². The maximum atomic E-state index is 13.7. The van der Waals surface area contributed by atoms with E-state index in [4.69, 9.17) is 47.4 Å². The van der Waals surface area contributed by atoms with Crippen LogP contribution in [0.4, 0.5) is 4.79 Å². The molecule has 0 aliphatic carbocycles. The zero-order valence-corrected chi connectivity index (χ0v) is 35.7. The molecule has 340 valence electrons. The fourth-order valence-corrected chi connectivity index (χ4v) is 6.53. The van der Waals surface area contributed by atoms with Crippen molar-refractivity contribution >= 4 is 24.0 Å². The van der Waals surface area contributed by atoms with Gasteiger partial charge in [-0.2, -0.15) is 0 Å². The molecule has 5 rings (SSSR count). The Morgan fingerprint density at radius 2 is 1.33 bits per heavy atom. The van der Waals surface area contributed by atoms with Gasteiger partial charge in [0.1, 0.15) is 43.7 Å². The number of carbonyl (C=O) groups excluding carboxylic acids is 4. The van der Waals surface area contributed by atoms with Crippen LogP contribution in [0.3, 0.4) is 0 Å². The lowest BCUT2D eigenvalue weighted by Crippen LogP contribution is -2.66. The molecule has 2 aliphatic heterocycles. The fourth-order valence-electron chi connectivity index (χ4n) is 6.53. The van der Waals surface area contributed by atoms with Gasteiger partial charge in [0.05, 0.1) is 38.4 Å². The number of alkyl carbamates (subject to hydrolysis) is 1. The molecule has 19 nitrogen and oxygen atoms in total. The van der Waals surface area contributed by atoms with Gasteiger partial charge in [0.15, 0.2) is 24.8 Å². The molecule has 3 aromatic carbocycles. The van der Waals surface area contributed by atoms with Crippen LogP contribution in [0.1, 0.15) is 44.4 Å². The minimum atomic E-state index is -1.69. The lowest BCUT2D eigenvalue weighted by atomic mass is 9.94. The van der Waals surface area contributed by atoms with Gasteiger partial charge in [0.25, 0.3) is 0 Å². The highest BCUT2D eigenvalue weighted by atomic mass is 16.8. The van der Waals surface area contributed by atoms with Gasteiger partial charge in [0.2, 0.25) is 0 Å². The number of nitrogens with zero attached hydrogens (tertiary/aromatic N) is 3. The average Bonchev–Trinajstić information content (AvgIpc) is 3.27. The predicted octanol–water partition coefficient (Wildman–Crippen LogP) is 4.67. The van der Waals surface area contributed by atoms with E-state index in [9.17, 15) is 29.8 Å². The molecule has 10 atom stereocenters. The molecule has 2 fully saturated rings. The summed E-state index contributed by atoms with van der Waals surface area (Å²) in [5.41, 5.74) is 10.9. The third-order valence-electron chi connectivity index (χ3n) is 9.79. The van der Waals surface area contributed by atoms with Crippen molar-refractivity contribution in [2.24, 2.45) is 10.5 Å². The number of amides is 1. The largest absolute Gasteiger partial charge is 0.467 e. The maximum Gasteiger partial charge on any atom is 0.407 e. The van der Waals surface area contributed by atoms with Crippen molar-refractivity contribution < 1.29 is 71.7 Å². The summed E-state index contributed by atoms with van der Waals surface area (Å²) in [5.74, 6) is -2.33. The number of esters is 3. The number of azide groups is 1. The van der Waals surface area contributed by atoms with Gasteiger partial charge in [0, 0.05) is 18.4 Å². The Bertz CT molecular complexity index is 1970. The van der Waals surface area contributed by atoms with E-state index in [-0.39, 0.29) is 33.0 Å². The van der Waals surface area contributed by atoms with Crippen LogP contribution >= 0.6 is 0 Å². The van der Waals surface area contributed by atoms with Crippen molar-refractivity contribution in [2.75, 3.05) is 26.9 Å². The Morgan fingerprint density at radius 1 is 0.762 bits per heavy atom. The van der Waals surface area contributed by atoms with Gasteiger partial charge in [-0.25, -0.2) is 9.59 Å². The number of nitrogens with one attached hydrogen (secondary N) is 1. The molecular formula is C44H54N4O15. The summed E-state index contributed by atoms with van der Waals surface area (Å²) in [6, 6.07) is 25.6. The number of carbonyl (C=O) groups is 4. The van der Waals surface area contributed by atoms with Crippen LogP contribution in [-0.4, -0.2) is 117 Å². The summed E-state index contributed by atoms with van der Waals surface area (Å²) in [5, 5.41) is 18.0. The summed E-state index contributed by atoms with van der Waals surface area (Å²) in [4.78, 5) is 54.9. The highest BCUT2D eigenvalue weighted by Gasteiger charge is 2.57. The Morgan fingerprint density at radius 3 is 1.87 bits per heavy atom. The SMILES string of the molecule is COC(=O)[C@@H]1O[C@@H](OCCNC(=O)OCc2ccccc2)[C@H](OC(=O)C(C)(C)C)[C@@H](OCc2ccccc2)[C@@H]1O[C@H]1O[C@H](COC(C)=O)[C@@H](O)[C@H](OCc2ccccc2)[C@H]1N=[N+]=[N-]. The number of hydrogen-bond donors (Lipinski definition) is 2.